The van der Waals surface area contributed by atoms with Crippen LogP contribution in [0.1, 0.15) is 48.8 Å². The van der Waals surface area contributed by atoms with Gasteiger partial charge in [-0.05, 0) is 43.4 Å². The van der Waals surface area contributed by atoms with Crippen LogP contribution in [0.15, 0.2) is 30.7 Å². The summed E-state index contributed by atoms with van der Waals surface area (Å²) in [6, 6.07) is 3.35. The molecule has 0 spiro atoms. The summed E-state index contributed by atoms with van der Waals surface area (Å²) in [6.07, 6.45) is 7.50. The number of aromatic nitrogens is 3. The minimum Gasteiger partial charge on any atom is -0.302 e. The van der Waals surface area contributed by atoms with Crippen LogP contribution in [0.4, 0.5) is 4.39 Å². The van der Waals surface area contributed by atoms with Crippen LogP contribution in [0, 0.1) is 5.82 Å². The Kier molecular flexibility index (Phi) is 3.69. The van der Waals surface area contributed by atoms with E-state index in [2.05, 4.69) is 20.3 Å². The van der Waals surface area contributed by atoms with Gasteiger partial charge in [0.1, 0.15) is 11.6 Å². The van der Waals surface area contributed by atoms with Crippen molar-refractivity contribution in [1.82, 2.24) is 20.3 Å². The molecule has 1 fully saturated rings. The molecular weight excluding hydrogens is 255 g/mol. The fourth-order valence-electron chi connectivity index (χ4n) is 2.13. The standard InChI is InChI=1S/C15H17FN4/c1-10(15-17-5-2-6-18-15)19-9-14-13(16)7-12(8-20-14)11-3-4-11/h2,5-8,10-11,19H,3-4,9H2,1H3. The first-order valence-corrected chi connectivity index (χ1v) is 6.88. The van der Waals surface area contributed by atoms with Crippen molar-refractivity contribution in [3.8, 4) is 0 Å². The summed E-state index contributed by atoms with van der Waals surface area (Å²) in [5.74, 6) is 0.987. The van der Waals surface area contributed by atoms with E-state index in [1.807, 2.05) is 6.92 Å². The van der Waals surface area contributed by atoms with Crippen LogP contribution in [-0.2, 0) is 6.54 Å². The van der Waals surface area contributed by atoms with Crippen molar-refractivity contribution in [2.45, 2.75) is 38.3 Å². The fourth-order valence-corrected chi connectivity index (χ4v) is 2.13. The van der Waals surface area contributed by atoms with Gasteiger partial charge in [-0.1, -0.05) is 0 Å². The van der Waals surface area contributed by atoms with Crippen LogP contribution < -0.4 is 5.32 Å². The third kappa shape index (κ3) is 2.99. The number of hydrogen-bond donors (Lipinski definition) is 1. The van der Waals surface area contributed by atoms with E-state index in [1.54, 1.807) is 30.7 Å². The van der Waals surface area contributed by atoms with Gasteiger partial charge in [-0.3, -0.25) is 4.98 Å². The Morgan fingerprint density at radius 1 is 1.30 bits per heavy atom. The van der Waals surface area contributed by atoms with E-state index in [1.165, 1.54) is 0 Å². The topological polar surface area (TPSA) is 50.7 Å². The summed E-state index contributed by atoms with van der Waals surface area (Å²) in [4.78, 5) is 12.6. The van der Waals surface area contributed by atoms with Gasteiger partial charge in [-0.2, -0.15) is 0 Å². The van der Waals surface area contributed by atoms with Crippen molar-refractivity contribution in [2.75, 3.05) is 0 Å². The summed E-state index contributed by atoms with van der Waals surface area (Å²) in [5, 5.41) is 3.19. The van der Waals surface area contributed by atoms with Gasteiger partial charge in [-0.25, -0.2) is 14.4 Å². The molecule has 1 unspecified atom stereocenters. The van der Waals surface area contributed by atoms with E-state index in [-0.39, 0.29) is 11.9 Å². The molecule has 0 aliphatic heterocycles. The van der Waals surface area contributed by atoms with Gasteiger partial charge >= 0.3 is 0 Å². The Hall–Kier alpha value is -1.88. The Bertz CT molecular complexity index is 584. The molecule has 1 aliphatic carbocycles. The average Bonchev–Trinajstić information content (AvgIpc) is 3.31. The lowest BCUT2D eigenvalue weighted by atomic mass is 10.1. The third-order valence-electron chi connectivity index (χ3n) is 3.54. The van der Waals surface area contributed by atoms with Crippen LogP contribution in [0.5, 0.6) is 0 Å². The van der Waals surface area contributed by atoms with E-state index >= 15 is 0 Å². The molecule has 2 aromatic rings. The predicted molar refractivity (Wildman–Crippen MR) is 73.5 cm³/mol. The van der Waals surface area contributed by atoms with E-state index in [0.717, 1.165) is 18.4 Å². The molecule has 104 valence electrons. The van der Waals surface area contributed by atoms with Crippen LogP contribution in [0.2, 0.25) is 0 Å². The monoisotopic (exact) mass is 272 g/mol. The number of nitrogens with one attached hydrogen (secondary N) is 1. The molecule has 3 rings (SSSR count). The van der Waals surface area contributed by atoms with E-state index in [4.69, 9.17) is 0 Å². The molecule has 2 heterocycles. The highest BCUT2D eigenvalue weighted by atomic mass is 19.1. The minimum absolute atomic E-state index is 0.0412. The lowest BCUT2D eigenvalue weighted by molar-refractivity contribution is 0.515. The Labute approximate surface area is 117 Å². The van der Waals surface area contributed by atoms with Crippen LogP contribution in [0.25, 0.3) is 0 Å². The summed E-state index contributed by atoms with van der Waals surface area (Å²) in [7, 11) is 0. The van der Waals surface area contributed by atoms with Crippen molar-refractivity contribution in [3.63, 3.8) is 0 Å². The van der Waals surface area contributed by atoms with Crippen molar-refractivity contribution in [3.05, 3.63) is 53.6 Å². The first-order valence-electron chi connectivity index (χ1n) is 6.88. The maximum absolute atomic E-state index is 14.0. The largest absolute Gasteiger partial charge is 0.302 e. The molecule has 5 heteroatoms. The maximum atomic E-state index is 14.0. The smallest absolute Gasteiger partial charge is 0.146 e. The van der Waals surface area contributed by atoms with E-state index in [0.29, 0.717) is 24.0 Å². The van der Waals surface area contributed by atoms with Crippen molar-refractivity contribution in [2.24, 2.45) is 0 Å². The average molecular weight is 272 g/mol. The number of hydrogen-bond acceptors (Lipinski definition) is 4. The Morgan fingerprint density at radius 3 is 2.70 bits per heavy atom. The molecule has 1 saturated carbocycles. The van der Waals surface area contributed by atoms with E-state index in [9.17, 15) is 4.39 Å². The summed E-state index contributed by atoms with van der Waals surface area (Å²) < 4.78 is 14.0. The zero-order valence-electron chi connectivity index (χ0n) is 11.4. The lowest BCUT2D eigenvalue weighted by Crippen LogP contribution is -2.21. The van der Waals surface area contributed by atoms with Gasteiger partial charge in [0.25, 0.3) is 0 Å². The SMILES string of the molecule is CC(NCc1ncc(C2CC2)cc1F)c1ncccn1. The second-order valence-electron chi connectivity index (χ2n) is 5.18. The number of halogens is 1. The Morgan fingerprint density at radius 2 is 2.05 bits per heavy atom. The van der Waals surface area contributed by atoms with Crippen LogP contribution in [-0.4, -0.2) is 15.0 Å². The van der Waals surface area contributed by atoms with Gasteiger partial charge in [0.2, 0.25) is 0 Å². The van der Waals surface area contributed by atoms with Gasteiger partial charge in [-0.15, -0.1) is 0 Å². The highest BCUT2D eigenvalue weighted by Crippen LogP contribution is 2.39. The quantitative estimate of drug-likeness (QED) is 0.909. The van der Waals surface area contributed by atoms with Crippen molar-refractivity contribution in [1.29, 1.82) is 0 Å². The molecule has 2 aromatic heterocycles. The zero-order chi connectivity index (χ0) is 13.9. The van der Waals surface area contributed by atoms with Crippen LogP contribution in [0.3, 0.4) is 0 Å². The molecule has 20 heavy (non-hydrogen) atoms. The predicted octanol–water partition coefficient (Wildman–Crippen LogP) is 2.74. The van der Waals surface area contributed by atoms with Crippen molar-refractivity contribution >= 4 is 0 Å². The zero-order valence-corrected chi connectivity index (χ0v) is 11.4. The third-order valence-corrected chi connectivity index (χ3v) is 3.54. The summed E-state index contributed by atoms with van der Waals surface area (Å²) in [6.45, 7) is 2.32. The molecule has 0 bridgehead atoms. The first kappa shape index (κ1) is 13.1. The second kappa shape index (κ2) is 5.63. The number of pyridine rings is 1. The summed E-state index contributed by atoms with van der Waals surface area (Å²) >= 11 is 0. The van der Waals surface area contributed by atoms with Gasteiger partial charge in [0.05, 0.1) is 11.7 Å². The molecule has 0 radical (unpaired) electrons. The Balaban J connectivity index is 1.63. The highest BCUT2D eigenvalue weighted by Gasteiger charge is 2.24. The maximum Gasteiger partial charge on any atom is 0.146 e. The molecule has 0 amide bonds. The summed E-state index contributed by atoms with van der Waals surface area (Å²) in [5.41, 5.74) is 1.46. The van der Waals surface area contributed by atoms with E-state index < -0.39 is 0 Å². The van der Waals surface area contributed by atoms with Crippen LogP contribution >= 0.6 is 0 Å². The molecular formula is C15H17FN4. The second-order valence-corrected chi connectivity index (χ2v) is 5.18. The molecule has 1 atom stereocenters. The van der Waals surface area contributed by atoms with Crippen molar-refractivity contribution < 1.29 is 4.39 Å². The highest BCUT2D eigenvalue weighted by molar-refractivity contribution is 5.23. The van der Waals surface area contributed by atoms with Gasteiger partial charge in [0, 0.05) is 25.1 Å². The van der Waals surface area contributed by atoms with Gasteiger partial charge < -0.3 is 5.32 Å². The fraction of sp³-hybridized carbons (Fsp3) is 0.400. The first-order chi connectivity index (χ1) is 9.74. The normalized spacial score (nSPS) is 16.1. The lowest BCUT2D eigenvalue weighted by Gasteiger charge is -2.12. The molecule has 0 saturated heterocycles. The molecule has 0 aromatic carbocycles. The number of nitrogens with zero attached hydrogens (tertiary/aromatic N) is 3. The molecule has 1 aliphatic rings. The molecule has 1 N–H and O–H groups in total. The molecule has 4 nitrogen and oxygen atoms in total. The minimum atomic E-state index is -0.233. The van der Waals surface area contributed by atoms with Gasteiger partial charge in [0.15, 0.2) is 0 Å². The number of rotatable bonds is 5.